The number of para-hydroxylation sites is 1. The Morgan fingerprint density at radius 2 is 1.76 bits per heavy atom. The molecule has 5 nitrogen and oxygen atoms in total. The number of aryl methyl sites for hydroxylation is 1. The molecule has 0 aromatic heterocycles. The standard InChI is InChI=1S/C19H21FN2O3/c20-15-9-3-5-12-6-4-10-21(17(12)15)16(23)11-22-18(24)13-7-1-2-8-14(13)19(22)25/h3,5,9,13-14H,1-2,4,6-8,10-11H2. The van der Waals surface area contributed by atoms with Gasteiger partial charge in [0.2, 0.25) is 17.7 Å². The van der Waals surface area contributed by atoms with Gasteiger partial charge in [0.15, 0.2) is 0 Å². The van der Waals surface area contributed by atoms with Crippen molar-refractivity contribution in [3.8, 4) is 0 Å². The predicted molar refractivity (Wildman–Crippen MR) is 89.2 cm³/mol. The van der Waals surface area contributed by atoms with Crippen LogP contribution in [0.3, 0.4) is 0 Å². The van der Waals surface area contributed by atoms with E-state index in [1.165, 1.54) is 11.0 Å². The Labute approximate surface area is 145 Å². The molecule has 2 heterocycles. The van der Waals surface area contributed by atoms with Crippen LogP contribution in [0.5, 0.6) is 0 Å². The van der Waals surface area contributed by atoms with E-state index in [9.17, 15) is 18.8 Å². The highest BCUT2D eigenvalue weighted by molar-refractivity contribution is 6.09. The molecule has 4 rings (SSSR count). The van der Waals surface area contributed by atoms with Gasteiger partial charge in [0.05, 0.1) is 17.5 Å². The van der Waals surface area contributed by atoms with Gasteiger partial charge in [-0.1, -0.05) is 25.0 Å². The van der Waals surface area contributed by atoms with Crippen molar-refractivity contribution in [2.45, 2.75) is 38.5 Å². The molecule has 2 fully saturated rings. The number of anilines is 1. The highest BCUT2D eigenvalue weighted by Gasteiger charge is 2.48. The largest absolute Gasteiger partial charge is 0.308 e. The monoisotopic (exact) mass is 344 g/mol. The van der Waals surface area contributed by atoms with Crippen molar-refractivity contribution >= 4 is 23.4 Å². The third-order valence-electron chi connectivity index (χ3n) is 5.69. The number of rotatable bonds is 2. The summed E-state index contributed by atoms with van der Waals surface area (Å²) in [5.74, 6) is -1.80. The molecule has 0 bridgehead atoms. The smallest absolute Gasteiger partial charge is 0.247 e. The van der Waals surface area contributed by atoms with Crippen LogP contribution >= 0.6 is 0 Å². The molecule has 0 N–H and O–H groups in total. The quantitative estimate of drug-likeness (QED) is 0.774. The number of imide groups is 1. The fraction of sp³-hybridized carbons (Fsp3) is 0.526. The second-order valence-corrected chi connectivity index (χ2v) is 7.16. The summed E-state index contributed by atoms with van der Waals surface area (Å²) >= 11 is 0. The molecule has 1 aliphatic carbocycles. The van der Waals surface area contributed by atoms with E-state index in [1.807, 2.05) is 6.07 Å². The number of fused-ring (bicyclic) bond motifs is 2. The molecule has 6 heteroatoms. The minimum atomic E-state index is -0.432. The maximum atomic E-state index is 14.2. The van der Waals surface area contributed by atoms with Crippen LogP contribution in [-0.2, 0) is 20.8 Å². The average molecular weight is 344 g/mol. The zero-order chi connectivity index (χ0) is 17.6. The highest BCUT2D eigenvalue weighted by atomic mass is 19.1. The molecule has 0 spiro atoms. The van der Waals surface area contributed by atoms with E-state index in [4.69, 9.17) is 0 Å². The van der Waals surface area contributed by atoms with Gasteiger partial charge in [-0.3, -0.25) is 19.3 Å². The van der Waals surface area contributed by atoms with E-state index in [2.05, 4.69) is 0 Å². The minimum absolute atomic E-state index is 0.228. The first-order valence-electron chi connectivity index (χ1n) is 9.01. The van der Waals surface area contributed by atoms with Crippen LogP contribution in [0.4, 0.5) is 10.1 Å². The molecule has 1 saturated carbocycles. The molecule has 2 unspecified atom stereocenters. The lowest BCUT2D eigenvalue weighted by atomic mass is 9.81. The van der Waals surface area contributed by atoms with Gasteiger partial charge in [-0.15, -0.1) is 0 Å². The number of carbonyl (C=O) groups excluding carboxylic acids is 3. The fourth-order valence-electron chi connectivity index (χ4n) is 4.46. The van der Waals surface area contributed by atoms with E-state index in [-0.39, 0.29) is 36.1 Å². The molecule has 2 atom stereocenters. The van der Waals surface area contributed by atoms with Crippen molar-refractivity contribution < 1.29 is 18.8 Å². The number of benzene rings is 1. The molecular formula is C19H21FN2O3. The average Bonchev–Trinajstić information content (AvgIpc) is 2.87. The summed E-state index contributed by atoms with van der Waals surface area (Å²) in [6.07, 6.45) is 4.82. The Kier molecular flexibility index (Phi) is 4.06. The van der Waals surface area contributed by atoms with Gasteiger partial charge in [-0.05, 0) is 37.3 Å². The van der Waals surface area contributed by atoms with Gasteiger partial charge in [-0.25, -0.2) is 4.39 Å². The van der Waals surface area contributed by atoms with E-state index < -0.39 is 5.82 Å². The number of nitrogens with zero attached hydrogens (tertiary/aromatic N) is 2. The Hall–Kier alpha value is -2.24. The Balaban J connectivity index is 1.56. The summed E-state index contributed by atoms with van der Waals surface area (Å²) in [5.41, 5.74) is 1.10. The van der Waals surface area contributed by atoms with Crippen LogP contribution in [0, 0.1) is 17.7 Å². The summed E-state index contributed by atoms with van der Waals surface area (Å²) < 4.78 is 14.2. The number of likely N-dealkylation sites (tertiary alicyclic amines) is 1. The number of hydrogen-bond donors (Lipinski definition) is 0. The van der Waals surface area contributed by atoms with E-state index in [0.717, 1.165) is 49.0 Å². The molecule has 1 aromatic carbocycles. The molecular weight excluding hydrogens is 323 g/mol. The molecule has 3 amide bonds. The van der Waals surface area contributed by atoms with E-state index in [0.29, 0.717) is 12.2 Å². The van der Waals surface area contributed by atoms with Crippen molar-refractivity contribution in [1.29, 1.82) is 0 Å². The summed E-state index contributed by atoms with van der Waals surface area (Å²) in [5, 5.41) is 0. The number of amides is 3. The third-order valence-corrected chi connectivity index (χ3v) is 5.69. The van der Waals surface area contributed by atoms with Crippen molar-refractivity contribution in [1.82, 2.24) is 4.90 Å². The summed E-state index contributed by atoms with van der Waals surface area (Å²) in [6.45, 7) is 0.133. The van der Waals surface area contributed by atoms with Crippen LogP contribution < -0.4 is 4.90 Å². The number of hydrogen-bond acceptors (Lipinski definition) is 3. The second kappa shape index (κ2) is 6.24. The summed E-state index contributed by atoms with van der Waals surface area (Å²) in [6, 6.07) is 4.80. The van der Waals surface area contributed by atoms with Crippen LogP contribution in [0.2, 0.25) is 0 Å². The van der Waals surface area contributed by atoms with E-state index >= 15 is 0 Å². The van der Waals surface area contributed by atoms with Gasteiger partial charge < -0.3 is 4.90 Å². The Morgan fingerprint density at radius 3 is 2.44 bits per heavy atom. The first kappa shape index (κ1) is 16.2. The number of halogens is 1. The number of carbonyl (C=O) groups is 3. The van der Waals surface area contributed by atoms with Crippen molar-refractivity contribution in [3.05, 3.63) is 29.6 Å². The first-order chi connectivity index (χ1) is 12.1. The van der Waals surface area contributed by atoms with Crippen LogP contribution in [0.1, 0.15) is 37.7 Å². The fourth-order valence-corrected chi connectivity index (χ4v) is 4.46. The van der Waals surface area contributed by atoms with Gasteiger partial charge in [0.25, 0.3) is 0 Å². The molecule has 0 radical (unpaired) electrons. The normalized spacial score (nSPS) is 25.8. The molecule has 2 aliphatic heterocycles. The molecule has 1 aromatic rings. The van der Waals surface area contributed by atoms with Crippen LogP contribution in [0.15, 0.2) is 18.2 Å². The van der Waals surface area contributed by atoms with Gasteiger partial charge in [0, 0.05) is 6.54 Å². The van der Waals surface area contributed by atoms with Crippen molar-refractivity contribution in [3.63, 3.8) is 0 Å². The Bertz CT molecular complexity index is 724. The maximum Gasteiger partial charge on any atom is 0.247 e. The predicted octanol–water partition coefficient (Wildman–Crippen LogP) is 2.28. The Morgan fingerprint density at radius 1 is 1.08 bits per heavy atom. The lowest BCUT2D eigenvalue weighted by Gasteiger charge is -2.31. The van der Waals surface area contributed by atoms with Crippen LogP contribution in [0.25, 0.3) is 0 Å². The maximum absolute atomic E-state index is 14.2. The van der Waals surface area contributed by atoms with Gasteiger partial charge in [-0.2, -0.15) is 0 Å². The third kappa shape index (κ3) is 2.64. The zero-order valence-corrected chi connectivity index (χ0v) is 14.0. The van der Waals surface area contributed by atoms with Crippen molar-refractivity contribution in [2.24, 2.45) is 11.8 Å². The van der Waals surface area contributed by atoms with Crippen LogP contribution in [-0.4, -0.2) is 35.7 Å². The molecule has 132 valence electrons. The molecule has 25 heavy (non-hydrogen) atoms. The molecule has 1 saturated heterocycles. The lowest BCUT2D eigenvalue weighted by Crippen LogP contribution is -2.45. The van der Waals surface area contributed by atoms with Gasteiger partial charge in [0.1, 0.15) is 12.4 Å². The minimum Gasteiger partial charge on any atom is -0.308 e. The first-order valence-corrected chi connectivity index (χ1v) is 9.01. The topological polar surface area (TPSA) is 57.7 Å². The summed E-state index contributed by atoms with van der Waals surface area (Å²) in [4.78, 5) is 40.4. The summed E-state index contributed by atoms with van der Waals surface area (Å²) in [7, 11) is 0. The van der Waals surface area contributed by atoms with Crippen molar-refractivity contribution in [2.75, 3.05) is 18.0 Å². The van der Waals surface area contributed by atoms with E-state index in [1.54, 1.807) is 6.07 Å². The highest BCUT2D eigenvalue weighted by Crippen LogP contribution is 2.38. The van der Waals surface area contributed by atoms with Gasteiger partial charge >= 0.3 is 0 Å². The zero-order valence-electron chi connectivity index (χ0n) is 14.0. The second-order valence-electron chi connectivity index (χ2n) is 7.16. The SMILES string of the molecule is O=C1C2CCCCC2C(=O)N1CC(=O)N1CCCc2cccc(F)c21. The lowest BCUT2D eigenvalue weighted by molar-refractivity contribution is -0.143. The molecule has 3 aliphatic rings.